The highest BCUT2D eigenvalue weighted by molar-refractivity contribution is 9.10. The molecule has 2 rings (SSSR count). The van der Waals surface area contributed by atoms with Gasteiger partial charge in [-0.25, -0.2) is 8.78 Å². The SMILES string of the molecule is Fc1cccc(C(Br)Cc2ccc(Br)cc2)c1F. The van der Waals surface area contributed by atoms with Crippen LogP contribution in [0.2, 0.25) is 0 Å². The molecule has 0 heterocycles. The van der Waals surface area contributed by atoms with E-state index in [0.29, 0.717) is 12.0 Å². The van der Waals surface area contributed by atoms with E-state index in [1.54, 1.807) is 6.07 Å². The first-order chi connectivity index (χ1) is 8.58. The van der Waals surface area contributed by atoms with Crippen molar-refractivity contribution in [3.05, 3.63) is 69.7 Å². The Bertz CT molecular complexity index is 538. The minimum atomic E-state index is -0.812. The Labute approximate surface area is 121 Å². The Kier molecular flexibility index (Phi) is 4.51. The van der Waals surface area contributed by atoms with Gasteiger partial charge in [0.2, 0.25) is 0 Å². The van der Waals surface area contributed by atoms with Gasteiger partial charge in [0.1, 0.15) is 0 Å². The van der Waals surface area contributed by atoms with E-state index in [4.69, 9.17) is 0 Å². The summed E-state index contributed by atoms with van der Waals surface area (Å²) >= 11 is 6.76. The van der Waals surface area contributed by atoms with Crippen LogP contribution >= 0.6 is 31.9 Å². The molecule has 0 N–H and O–H groups in total. The van der Waals surface area contributed by atoms with Crippen molar-refractivity contribution >= 4 is 31.9 Å². The summed E-state index contributed by atoms with van der Waals surface area (Å²) in [6, 6.07) is 12.0. The largest absolute Gasteiger partial charge is 0.204 e. The molecule has 0 aliphatic rings. The van der Waals surface area contributed by atoms with Crippen molar-refractivity contribution in [1.29, 1.82) is 0 Å². The molecule has 0 aliphatic heterocycles. The van der Waals surface area contributed by atoms with E-state index in [9.17, 15) is 8.78 Å². The van der Waals surface area contributed by atoms with Gasteiger partial charge in [-0.15, -0.1) is 0 Å². The minimum Gasteiger partial charge on any atom is -0.204 e. The molecule has 4 heteroatoms. The van der Waals surface area contributed by atoms with Crippen molar-refractivity contribution in [3.63, 3.8) is 0 Å². The fraction of sp³-hybridized carbons (Fsp3) is 0.143. The Hall–Kier alpha value is -0.740. The van der Waals surface area contributed by atoms with Gasteiger partial charge in [0.05, 0.1) is 0 Å². The number of hydrogen-bond acceptors (Lipinski definition) is 0. The zero-order chi connectivity index (χ0) is 13.1. The molecule has 2 aromatic rings. The lowest BCUT2D eigenvalue weighted by Gasteiger charge is -2.11. The highest BCUT2D eigenvalue weighted by atomic mass is 79.9. The molecule has 0 nitrogen and oxygen atoms in total. The van der Waals surface area contributed by atoms with E-state index >= 15 is 0 Å². The normalized spacial score (nSPS) is 12.4. The third-order valence-electron chi connectivity index (χ3n) is 2.65. The van der Waals surface area contributed by atoms with Gasteiger partial charge in [-0.1, -0.05) is 56.1 Å². The van der Waals surface area contributed by atoms with Crippen molar-refractivity contribution in [1.82, 2.24) is 0 Å². The van der Waals surface area contributed by atoms with Crippen LogP contribution < -0.4 is 0 Å². The van der Waals surface area contributed by atoms with Crippen molar-refractivity contribution in [2.75, 3.05) is 0 Å². The van der Waals surface area contributed by atoms with Crippen molar-refractivity contribution in [2.45, 2.75) is 11.2 Å². The maximum absolute atomic E-state index is 13.6. The first-order valence-electron chi connectivity index (χ1n) is 5.40. The zero-order valence-corrected chi connectivity index (χ0v) is 12.5. The van der Waals surface area contributed by atoms with Crippen LogP contribution in [0.5, 0.6) is 0 Å². The van der Waals surface area contributed by atoms with E-state index < -0.39 is 11.6 Å². The van der Waals surface area contributed by atoms with Crippen LogP contribution in [-0.4, -0.2) is 0 Å². The standard InChI is InChI=1S/C14H10Br2F2/c15-10-6-4-9(5-7-10)8-12(16)11-2-1-3-13(17)14(11)18/h1-7,12H,8H2. The summed E-state index contributed by atoms with van der Waals surface area (Å²) in [5, 5.41) is 0. The van der Waals surface area contributed by atoms with Crippen LogP contribution in [0.15, 0.2) is 46.9 Å². The predicted octanol–water partition coefficient (Wildman–Crippen LogP) is 5.41. The van der Waals surface area contributed by atoms with Crippen LogP contribution in [-0.2, 0) is 6.42 Å². The van der Waals surface area contributed by atoms with Gasteiger partial charge in [0.15, 0.2) is 11.6 Å². The van der Waals surface area contributed by atoms with Gasteiger partial charge in [-0.3, -0.25) is 0 Å². The van der Waals surface area contributed by atoms with Gasteiger partial charge in [0.25, 0.3) is 0 Å². The molecule has 94 valence electrons. The number of benzene rings is 2. The summed E-state index contributed by atoms with van der Waals surface area (Å²) in [5.41, 5.74) is 1.40. The van der Waals surface area contributed by atoms with E-state index in [2.05, 4.69) is 31.9 Å². The number of halogens is 4. The summed E-state index contributed by atoms with van der Waals surface area (Å²) in [6.45, 7) is 0. The van der Waals surface area contributed by atoms with E-state index in [0.717, 1.165) is 16.1 Å². The van der Waals surface area contributed by atoms with E-state index in [1.807, 2.05) is 24.3 Å². The fourth-order valence-electron chi connectivity index (χ4n) is 1.70. The molecule has 0 aliphatic carbocycles. The van der Waals surface area contributed by atoms with Crippen molar-refractivity contribution in [3.8, 4) is 0 Å². The van der Waals surface area contributed by atoms with Crippen LogP contribution in [0.25, 0.3) is 0 Å². The molecule has 0 saturated carbocycles. The molecule has 0 fully saturated rings. The smallest absolute Gasteiger partial charge is 0.163 e. The highest BCUT2D eigenvalue weighted by Crippen LogP contribution is 2.30. The predicted molar refractivity (Wildman–Crippen MR) is 75.9 cm³/mol. The summed E-state index contributed by atoms with van der Waals surface area (Å²) in [4.78, 5) is -0.241. The zero-order valence-electron chi connectivity index (χ0n) is 9.34. The second kappa shape index (κ2) is 5.93. The average Bonchev–Trinajstić information content (AvgIpc) is 2.35. The van der Waals surface area contributed by atoms with Gasteiger partial charge >= 0.3 is 0 Å². The molecule has 2 aromatic carbocycles. The molecule has 0 saturated heterocycles. The molecule has 18 heavy (non-hydrogen) atoms. The Morgan fingerprint density at radius 2 is 1.67 bits per heavy atom. The summed E-state index contributed by atoms with van der Waals surface area (Å²) in [7, 11) is 0. The molecule has 1 atom stereocenters. The number of alkyl halides is 1. The van der Waals surface area contributed by atoms with E-state index in [-0.39, 0.29) is 4.83 Å². The number of hydrogen-bond donors (Lipinski definition) is 0. The highest BCUT2D eigenvalue weighted by Gasteiger charge is 2.15. The molecule has 0 spiro atoms. The Balaban J connectivity index is 2.19. The molecule has 0 aromatic heterocycles. The quantitative estimate of drug-likeness (QED) is 0.629. The lowest BCUT2D eigenvalue weighted by atomic mass is 10.0. The minimum absolute atomic E-state index is 0.241. The lowest BCUT2D eigenvalue weighted by molar-refractivity contribution is 0.498. The average molecular weight is 376 g/mol. The van der Waals surface area contributed by atoms with Crippen LogP contribution in [0.3, 0.4) is 0 Å². The molecule has 0 bridgehead atoms. The van der Waals surface area contributed by atoms with Crippen LogP contribution in [0.4, 0.5) is 8.78 Å². The lowest BCUT2D eigenvalue weighted by Crippen LogP contribution is -2.00. The second-order valence-corrected chi connectivity index (χ2v) is 5.96. The first kappa shape index (κ1) is 13.7. The summed E-state index contributed by atoms with van der Waals surface area (Å²) in [6.07, 6.45) is 0.605. The maximum atomic E-state index is 13.6. The summed E-state index contributed by atoms with van der Waals surface area (Å²) in [5.74, 6) is -1.59. The van der Waals surface area contributed by atoms with Crippen LogP contribution in [0.1, 0.15) is 16.0 Å². The van der Waals surface area contributed by atoms with Crippen LogP contribution in [0, 0.1) is 11.6 Å². The monoisotopic (exact) mass is 374 g/mol. The third kappa shape index (κ3) is 3.18. The molecule has 0 radical (unpaired) electrons. The van der Waals surface area contributed by atoms with Gasteiger partial charge in [-0.2, -0.15) is 0 Å². The second-order valence-electron chi connectivity index (χ2n) is 3.94. The van der Waals surface area contributed by atoms with Gasteiger partial charge < -0.3 is 0 Å². The molecule has 1 unspecified atom stereocenters. The topological polar surface area (TPSA) is 0 Å². The van der Waals surface area contributed by atoms with Crippen molar-refractivity contribution in [2.24, 2.45) is 0 Å². The fourth-order valence-corrected chi connectivity index (χ4v) is 2.69. The first-order valence-corrected chi connectivity index (χ1v) is 7.11. The van der Waals surface area contributed by atoms with Crippen molar-refractivity contribution < 1.29 is 8.78 Å². The van der Waals surface area contributed by atoms with E-state index in [1.165, 1.54) is 6.07 Å². The molecular weight excluding hydrogens is 366 g/mol. The Morgan fingerprint density at radius 1 is 1.00 bits per heavy atom. The van der Waals surface area contributed by atoms with Gasteiger partial charge in [0, 0.05) is 14.9 Å². The third-order valence-corrected chi connectivity index (χ3v) is 3.99. The Morgan fingerprint density at radius 3 is 2.33 bits per heavy atom. The molecule has 0 amide bonds. The molecular formula is C14H10Br2F2. The summed E-state index contributed by atoms with van der Waals surface area (Å²) < 4.78 is 27.7. The van der Waals surface area contributed by atoms with Gasteiger partial charge in [-0.05, 0) is 30.2 Å². The maximum Gasteiger partial charge on any atom is 0.163 e. The number of rotatable bonds is 3.